The van der Waals surface area contributed by atoms with Crippen LogP contribution >= 0.6 is 11.8 Å². The first-order chi connectivity index (χ1) is 7.81. The molecule has 1 aromatic heterocycles. The average molecular weight is 231 g/mol. The number of aromatic amines is 1. The number of thioether (sulfide) groups is 1. The first kappa shape index (κ1) is 11.0. The lowest BCUT2D eigenvalue weighted by Gasteiger charge is -2.02. The van der Waals surface area contributed by atoms with Gasteiger partial charge in [0.05, 0.1) is 0 Å². The molecule has 0 aliphatic heterocycles. The van der Waals surface area contributed by atoms with E-state index in [1.807, 2.05) is 24.3 Å². The molecule has 3 heteroatoms. The molecule has 0 bridgehead atoms. The molecule has 0 unspecified atom stereocenters. The third-order valence-electron chi connectivity index (χ3n) is 2.29. The minimum Gasteiger partial charge on any atom is -0.329 e. The normalized spacial score (nSPS) is 10.3. The summed E-state index contributed by atoms with van der Waals surface area (Å²) >= 11 is 1.80. The molecule has 0 radical (unpaired) electrons. The molecular formula is C13H13NOS. The minimum atomic E-state index is -0.0432. The maximum Gasteiger partial charge on any atom is 0.255 e. The molecule has 16 heavy (non-hydrogen) atoms. The van der Waals surface area contributed by atoms with Crippen molar-refractivity contribution in [2.24, 2.45) is 0 Å². The lowest BCUT2D eigenvalue weighted by Crippen LogP contribution is -2.06. The highest BCUT2D eigenvalue weighted by Gasteiger charge is 2.01. The Kier molecular flexibility index (Phi) is 3.47. The molecular weight excluding hydrogens is 218 g/mol. The molecule has 0 aliphatic carbocycles. The van der Waals surface area contributed by atoms with E-state index in [1.165, 1.54) is 4.90 Å². The van der Waals surface area contributed by atoms with Gasteiger partial charge < -0.3 is 4.98 Å². The van der Waals surface area contributed by atoms with Gasteiger partial charge in [-0.25, -0.2) is 0 Å². The smallest absolute Gasteiger partial charge is 0.255 e. The minimum absolute atomic E-state index is 0.0432. The van der Waals surface area contributed by atoms with Gasteiger partial charge in [-0.15, -0.1) is 11.8 Å². The van der Waals surface area contributed by atoms with Crippen molar-refractivity contribution in [2.45, 2.75) is 11.8 Å². The van der Waals surface area contributed by atoms with Crippen LogP contribution in [0.1, 0.15) is 6.92 Å². The quantitative estimate of drug-likeness (QED) is 0.823. The summed E-state index contributed by atoms with van der Waals surface area (Å²) in [6, 6.07) is 11.8. The van der Waals surface area contributed by atoms with Crippen molar-refractivity contribution in [3.05, 3.63) is 52.9 Å². The van der Waals surface area contributed by atoms with E-state index < -0.39 is 0 Å². The number of benzene rings is 1. The van der Waals surface area contributed by atoms with Gasteiger partial charge in [-0.1, -0.05) is 19.1 Å². The zero-order valence-electron chi connectivity index (χ0n) is 9.07. The van der Waals surface area contributed by atoms with Gasteiger partial charge in [-0.2, -0.15) is 0 Å². The second-order valence-electron chi connectivity index (χ2n) is 3.37. The molecule has 1 aromatic carbocycles. The van der Waals surface area contributed by atoms with E-state index in [0.717, 1.165) is 16.9 Å². The summed E-state index contributed by atoms with van der Waals surface area (Å²) in [6.07, 6.45) is 1.65. The summed E-state index contributed by atoms with van der Waals surface area (Å²) in [5.74, 6) is 1.06. The maximum atomic E-state index is 11.6. The molecule has 0 atom stereocenters. The summed E-state index contributed by atoms with van der Waals surface area (Å²) in [5, 5.41) is 0. The van der Waals surface area contributed by atoms with E-state index in [-0.39, 0.29) is 5.56 Å². The Bertz CT molecular complexity index is 516. The van der Waals surface area contributed by atoms with Crippen LogP contribution in [0.4, 0.5) is 0 Å². The van der Waals surface area contributed by atoms with Crippen LogP contribution in [-0.4, -0.2) is 10.7 Å². The van der Waals surface area contributed by atoms with Gasteiger partial charge in [0.1, 0.15) is 0 Å². The topological polar surface area (TPSA) is 32.9 Å². The Morgan fingerprint density at radius 3 is 2.56 bits per heavy atom. The van der Waals surface area contributed by atoms with Crippen molar-refractivity contribution < 1.29 is 0 Å². The predicted molar refractivity (Wildman–Crippen MR) is 68.9 cm³/mol. The predicted octanol–water partition coefficient (Wildman–Crippen LogP) is 3.15. The number of pyridine rings is 1. The standard InChI is InChI=1S/C13H13NOS/c1-2-16-11-7-5-10(6-8-11)12-4-3-9-14-13(12)15/h3-9H,2H2,1H3,(H,14,15). The zero-order chi connectivity index (χ0) is 11.4. The van der Waals surface area contributed by atoms with Crippen LogP contribution < -0.4 is 5.56 Å². The van der Waals surface area contributed by atoms with Crippen molar-refractivity contribution in [1.29, 1.82) is 0 Å². The second-order valence-corrected chi connectivity index (χ2v) is 4.71. The third kappa shape index (κ3) is 2.36. The van der Waals surface area contributed by atoms with Crippen molar-refractivity contribution in [3.63, 3.8) is 0 Å². The van der Waals surface area contributed by atoms with Gasteiger partial charge in [0.25, 0.3) is 5.56 Å². The Hall–Kier alpha value is -1.48. The van der Waals surface area contributed by atoms with Crippen LogP contribution in [-0.2, 0) is 0 Å². The second kappa shape index (κ2) is 5.03. The van der Waals surface area contributed by atoms with Crippen molar-refractivity contribution >= 4 is 11.8 Å². The first-order valence-electron chi connectivity index (χ1n) is 5.22. The fourth-order valence-electron chi connectivity index (χ4n) is 1.55. The van der Waals surface area contributed by atoms with E-state index in [2.05, 4.69) is 24.0 Å². The van der Waals surface area contributed by atoms with Gasteiger partial charge in [-0.3, -0.25) is 4.79 Å². The summed E-state index contributed by atoms with van der Waals surface area (Å²) in [6.45, 7) is 2.13. The van der Waals surface area contributed by atoms with Crippen LogP contribution in [0, 0.1) is 0 Å². The summed E-state index contributed by atoms with van der Waals surface area (Å²) in [4.78, 5) is 15.5. The van der Waals surface area contributed by atoms with Crippen LogP contribution in [0.3, 0.4) is 0 Å². The molecule has 0 spiro atoms. The van der Waals surface area contributed by atoms with Crippen LogP contribution in [0.5, 0.6) is 0 Å². The molecule has 0 amide bonds. The fourth-order valence-corrected chi connectivity index (χ4v) is 2.21. The Morgan fingerprint density at radius 1 is 1.19 bits per heavy atom. The summed E-state index contributed by atoms with van der Waals surface area (Å²) < 4.78 is 0. The molecule has 0 saturated heterocycles. The lowest BCUT2D eigenvalue weighted by molar-refractivity contribution is 1.24. The van der Waals surface area contributed by atoms with E-state index in [4.69, 9.17) is 0 Å². The number of aromatic nitrogens is 1. The van der Waals surface area contributed by atoms with Crippen molar-refractivity contribution in [1.82, 2.24) is 4.98 Å². The largest absolute Gasteiger partial charge is 0.329 e. The van der Waals surface area contributed by atoms with Crippen molar-refractivity contribution in [3.8, 4) is 11.1 Å². The molecule has 2 aromatic rings. The molecule has 2 rings (SSSR count). The summed E-state index contributed by atoms with van der Waals surface area (Å²) in [7, 11) is 0. The molecule has 82 valence electrons. The van der Waals surface area contributed by atoms with E-state index in [9.17, 15) is 4.79 Å². The molecule has 1 heterocycles. The van der Waals surface area contributed by atoms with Gasteiger partial charge in [-0.05, 0) is 35.6 Å². The highest BCUT2D eigenvalue weighted by molar-refractivity contribution is 7.99. The van der Waals surface area contributed by atoms with Crippen LogP contribution in [0.2, 0.25) is 0 Å². The fraction of sp³-hybridized carbons (Fsp3) is 0.154. The van der Waals surface area contributed by atoms with Gasteiger partial charge in [0.2, 0.25) is 0 Å². The van der Waals surface area contributed by atoms with E-state index in [0.29, 0.717) is 0 Å². The number of hydrogen-bond acceptors (Lipinski definition) is 2. The highest BCUT2D eigenvalue weighted by Crippen LogP contribution is 2.21. The Morgan fingerprint density at radius 2 is 1.94 bits per heavy atom. The molecule has 1 N–H and O–H groups in total. The maximum absolute atomic E-state index is 11.6. The van der Waals surface area contributed by atoms with Crippen LogP contribution in [0.15, 0.2) is 52.3 Å². The Labute approximate surface area is 98.7 Å². The molecule has 0 aliphatic rings. The monoisotopic (exact) mass is 231 g/mol. The number of hydrogen-bond donors (Lipinski definition) is 1. The van der Waals surface area contributed by atoms with Gasteiger partial charge >= 0.3 is 0 Å². The first-order valence-corrected chi connectivity index (χ1v) is 6.21. The Balaban J connectivity index is 2.35. The lowest BCUT2D eigenvalue weighted by atomic mass is 10.1. The van der Waals surface area contributed by atoms with Gasteiger partial charge in [0, 0.05) is 16.7 Å². The SMILES string of the molecule is CCSc1ccc(-c2ccc[nH]c2=O)cc1. The van der Waals surface area contributed by atoms with Crippen molar-refractivity contribution in [2.75, 3.05) is 5.75 Å². The van der Waals surface area contributed by atoms with E-state index >= 15 is 0 Å². The summed E-state index contributed by atoms with van der Waals surface area (Å²) in [5.41, 5.74) is 1.64. The van der Waals surface area contributed by atoms with Gasteiger partial charge in [0.15, 0.2) is 0 Å². The molecule has 0 saturated carbocycles. The zero-order valence-corrected chi connectivity index (χ0v) is 9.88. The number of H-pyrrole nitrogens is 1. The average Bonchev–Trinajstić information content (AvgIpc) is 2.31. The third-order valence-corrected chi connectivity index (χ3v) is 3.19. The molecule has 0 fully saturated rings. The number of nitrogens with one attached hydrogen (secondary N) is 1. The number of rotatable bonds is 3. The van der Waals surface area contributed by atoms with E-state index in [1.54, 1.807) is 18.0 Å². The van der Waals surface area contributed by atoms with Crippen LogP contribution in [0.25, 0.3) is 11.1 Å². The highest BCUT2D eigenvalue weighted by atomic mass is 32.2. The molecule has 2 nitrogen and oxygen atoms in total.